The van der Waals surface area contributed by atoms with E-state index in [0.717, 1.165) is 23.3 Å². The molecule has 2 heterocycles. The van der Waals surface area contributed by atoms with Crippen molar-refractivity contribution in [1.82, 2.24) is 14.5 Å². The third kappa shape index (κ3) is 3.24. The zero-order valence-corrected chi connectivity index (χ0v) is 15.4. The Labute approximate surface area is 153 Å². The first-order valence-electron chi connectivity index (χ1n) is 8.94. The molecule has 4 rings (SSSR count). The standard InChI is InChI=1S/C18H23N3O4S/c1-2-21-11-16(10-19-21)26(23,24)20-18(14-8-15(22)9-14)13-3-4-17-12(7-13)5-6-25-17/h3-4,7,10-11,14-15,18,20,22H,2,5-6,8-9H2,1H3/t14?,15?,18-/m0/s1. The molecule has 1 aromatic carbocycles. The van der Waals surface area contributed by atoms with Gasteiger partial charge in [-0.25, -0.2) is 13.1 Å². The molecule has 7 nitrogen and oxygen atoms in total. The van der Waals surface area contributed by atoms with E-state index in [0.29, 0.717) is 26.0 Å². The van der Waals surface area contributed by atoms with Gasteiger partial charge in [0.2, 0.25) is 10.0 Å². The van der Waals surface area contributed by atoms with Gasteiger partial charge in [-0.2, -0.15) is 5.10 Å². The Balaban J connectivity index is 1.63. The number of benzene rings is 1. The van der Waals surface area contributed by atoms with Crippen molar-refractivity contribution in [2.24, 2.45) is 5.92 Å². The Kier molecular flexibility index (Phi) is 4.50. The minimum Gasteiger partial charge on any atom is -0.493 e. The van der Waals surface area contributed by atoms with Crippen LogP contribution in [0.25, 0.3) is 0 Å². The second-order valence-electron chi connectivity index (χ2n) is 6.98. The van der Waals surface area contributed by atoms with Crippen LogP contribution in [0.15, 0.2) is 35.5 Å². The number of aryl methyl sites for hydroxylation is 1. The molecule has 1 atom stereocenters. The van der Waals surface area contributed by atoms with E-state index in [1.54, 1.807) is 4.68 Å². The molecule has 26 heavy (non-hydrogen) atoms. The number of aliphatic hydroxyl groups is 1. The van der Waals surface area contributed by atoms with Crippen LogP contribution in [-0.4, -0.2) is 36.0 Å². The number of sulfonamides is 1. The summed E-state index contributed by atoms with van der Waals surface area (Å²) in [5, 5.41) is 13.8. The molecule has 8 heteroatoms. The summed E-state index contributed by atoms with van der Waals surface area (Å²) in [5.74, 6) is 0.939. The summed E-state index contributed by atoms with van der Waals surface area (Å²) in [5.41, 5.74) is 2.02. The molecule has 0 spiro atoms. The van der Waals surface area contributed by atoms with Gasteiger partial charge in [-0.15, -0.1) is 0 Å². The van der Waals surface area contributed by atoms with Crippen molar-refractivity contribution in [1.29, 1.82) is 0 Å². The molecule has 1 fully saturated rings. The van der Waals surface area contributed by atoms with E-state index in [1.807, 2.05) is 25.1 Å². The molecule has 1 aliphatic heterocycles. The molecule has 0 radical (unpaired) electrons. The van der Waals surface area contributed by atoms with Crippen LogP contribution >= 0.6 is 0 Å². The number of ether oxygens (including phenoxy) is 1. The first-order chi connectivity index (χ1) is 12.5. The second kappa shape index (κ2) is 6.68. The van der Waals surface area contributed by atoms with Crippen LogP contribution in [0, 0.1) is 5.92 Å². The van der Waals surface area contributed by atoms with Gasteiger partial charge in [-0.3, -0.25) is 4.68 Å². The summed E-state index contributed by atoms with van der Waals surface area (Å²) in [6, 6.07) is 5.47. The fourth-order valence-corrected chi connectivity index (χ4v) is 4.88. The van der Waals surface area contributed by atoms with Crippen molar-refractivity contribution in [3.63, 3.8) is 0 Å². The van der Waals surface area contributed by atoms with Crippen molar-refractivity contribution in [3.8, 4) is 5.75 Å². The second-order valence-corrected chi connectivity index (χ2v) is 8.70. The van der Waals surface area contributed by atoms with Gasteiger partial charge >= 0.3 is 0 Å². The Bertz CT molecular complexity index is 903. The third-order valence-electron chi connectivity index (χ3n) is 5.22. The molecule has 0 saturated heterocycles. The molecule has 1 aliphatic carbocycles. The monoisotopic (exact) mass is 377 g/mol. The largest absolute Gasteiger partial charge is 0.493 e. The smallest absolute Gasteiger partial charge is 0.244 e. The third-order valence-corrected chi connectivity index (χ3v) is 6.62. The van der Waals surface area contributed by atoms with E-state index >= 15 is 0 Å². The summed E-state index contributed by atoms with van der Waals surface area (Å²) in [6.45, 7) is 3.17. The lowest BCUT2D eigenvalue weighted by Crippen LogP contribution is -2.41. The van der Waals surface area contributed by atoms with E-state index in [2.05, 4.69) is 9.82 Å². The Morgan fingerprint density at radius 3 is 2.92 bits per heavy atom. The zero-order valence-electron chi connectivity index (χ0n) is 14.6. The van der Waals surface area contributed by atoms with E-state index in [9.17, 15) is 13.5 Å². The van der Waals surface area contributed by atoms with Crippen LogP contribution < -0.4 is 9.46 Å². The van der Waals surface area contributed by atoms with Crippen molar-refractivity contribution >= 4 is 10.0 Å². The molecule has 2 aromatic rings. The minimum atomic E-state index is -3.70. The van der Waals surface area contributed by atoms with Gasteiger partial charge in [0, 0.05) is 25.2 Å². The van der Waals surface area contributed by atoms with Crippen LogP contribution in [0.5, 0.6) is 5.75 Å². The van der Waals surface area contributed by atoms with Gasteiger partial charge < -0.3 is 9.84 Å². The number of fused-ring (bicyclic) bond motifs is 1. The maximum Gasteiger partial charge on any atom is 0.244 e. The summed E-state index contributed by atoms with van der Waals surface area (Å²) >= 11 is 0. The summed E-state index contributed by atoms with van der Waals surface area (Å²) in [4.78, 5) is 0.161. The van der Waals surface area contributed by atoms with Crippen LogP contribution in [0.1, 0.15) is 36.9 Å². The van der Waals surface area contributed by atoms with Crippen molar-refractivity contribution in [2.75, 3.05) is 6.61 Å². The fraction of sp³-hybridized carbons (Fsp3) is 0.500. The van der Waals surface area contributed by atoms with Gasteiger partial charge in [-0.1, -0.05) is 12.1 Å². The highest BCUT2D eigenvalue weighted by Crippen LogP contribution is 2.40. The fourth-order valence-electron chi connectivity index (χ4n) is 3.63. The number of hydrogen-bond donors (Lipinski definition) is 2. The average Bonchev–Trinajstić information content (AvgIpc) is 3.25. The molecule has 1 aromatic heterocycles. The number of aromatic nitrogens is 2. The number of hydrogen-bond acceptors (Lipinski definition) is 5. The van der Waals surface area contributed by atoms with Crippen molar-refractivity contribution in [3.05, 3.63) is 41.7 Å². The molecule has 1 saturated carbocycles. The Morgan fingerprint density at radius 2 is 2.23 bits per heavy atom. The lowest BCUT2D eigenvalue weighted by molar-refractivity contribution is 0.0280. The summed E-state index contributed by atoms with van der Waals surface area (Å²) in [7, 11) is -3.70. The van der Waals surface area contributed by atoms with Gasteiger partial charge in [0.1, 0.15) is 10.6 Å². The van der Waals surface area contributed by atoms with Crippen molar-refractivity contribution in [2.45, 2.75) is 49.8 Å². The van der Waals surface area contributed by atoms with E-state index < -0.39 is 10.0 Å². The maximum atomic E-state index is 12.9. The van der Waals surface area contributed by atoms with E-state index in [1.165, 1.54) is 12.4 Å². The van der Waals surface area contributed by atoms with E-state index in [-0.39, 0.29) is 23.0 Å². The molecule has 2 N–H and O–H groups in total. The Hall–Kier alpha value is -1.90. The molecule has 140 valence electrons. The highest BCUT2D eigenvalue weighted by atomic mass is 32.2. The number of nitrogens with one attached hydrogen (secondary N) is 1. The highest BCUT2D eigenvalue weighted by Gasteiger charge is 2.37. The summed E-state index contributed by atoms with van der Waals surface area (Å²) < 4.78 is 35.7. The average molecular weight is 377 g/mol. The lowest BCUT2D eigenvalue weighted by Gasteiger charge is -2.38. The number of nitrogens with zero attached hydrogens (tertiary/aromatic N) is 2. The quantitative estimate of drug-likeness (QED) is 0.798. The lowest BCUT2D eigenvalue weighted by atomic mass is 9.75. The molecular formula is C18H23N3O4S. The molecule has 0 unspecified atom stereocenters. The predicted octanol–water partition coefficient (Wildman–Crippen LogP) is 1.63. The minimum absolute atomic E-state index is 0.0707. The normalized spacial score (nSPS) is 23.2. The number of aliphatic hydroxyl groups excluding tert-OH is 1. The maximum absolute atomic E-state index is 12.9. The van der Waals surface area contributed by atoms with Crippen LogP contribution in [0.3, 0.4) is 0 Å². The first kappa shape index (κ1) is 17.5. The SMILES string of the molecule is CCn1cc(S(=O)(=O)N[C@@H](c2ccc3c(c2)CCO3)C2CC(O)C2)cn1. The van der Waals surface area contributed by atoms with Crippen molar-refractivity contribution < 1.29 is 18.3 Å². The highest BCUT2D eigenvalue weighted by molar-refractivity contribution is 7.89. The molecular weight excluding hydrogens is 354 g/mol. The Morgan fingerprint density at radius 1 is 1.42 bits per heavy atom. The zero-order chi connectivity index (χ0) is 18.3. The van der Waals surface area contributed by atoms with Crippen LogP contribution in [0.2, 0.25) is 0 Å². The van der Waals surface area contributed by atoms with Crippen LogP contribution in [-0.2, 0) is 23.0 Å². The van der Waals surface area contributed by atoms with Gasteiger partial charge in [0.25, 0.3) is 0 Å². The molecule has 2 aliphatic rings. The van der Waals surface area contributed by atoms with Crippen LogP contribution in [0.4, 0.5) is 0 Å². The van der Waals surface area contributed by atoms with Gasteiger partial charge in [-0.05, 0) is 42.9 Å². The molecule has 0 amide bonds. The predicted molar refractivity (Wildman–Crippen MR) is 95.3 cm³/mol. The van der Waals surface area contributed by atoms with Gasteiger partial charge in [0.05, 0.1) is 18.9 Å². The van der Waals surface area contributed by atoms with Gasteiger partial charge in [0.15, 0.2) is 0 Å². The van der Waals surface area contributed by atoms with E-state index in [4.69, 9.17) is 4.74 Å². The number of rotatable bonds is 6. The first-order valence-corrected chi connectivity index (χ1v) is 10.4. The topological polar surface area (TPSA) is 93.5 Å². The summed E-state index contributed by atoms with van der Waals surface area (Å²) in [6.07, 6.45) is 4.57. The molecule has 0 bridgehead atoms.